The van der Waals surface area contributed by atoms with Gasteiger partial charge >= 0.3 is 0 Å². The Balaban J connectivity index is 2.58. The predicted octanol–water partition coefficient (Wildman–Crippen LogP) is 0.645. The van der Waals surface area contributed by atoms with Gasteiger partial charge in [0.15, 0.2) is 5.82 Å². The number of benzene rings is 1. The first kappa shape index (κ1) is 10.4. The maximum atomic E-state index is 11.1. The maximum absolute atomic E-state index is 11.1. The van der Waals surface area contributed by atoms with Gasteiger partial charge in [0.05, 0.1) is 23.8 Å². The number of nitrogens with zero attached hydrogens (tertiary/aromatic N) is 2. The van der Waals surface area contributed by atoms with Crippen molar-refractivity contribution in [2.45, 2.75) is 0 Å². The van der Waals surface area contributed by atoms with Crippen LogP contribution in [0, 0.1) is 0 Å². The Morgan fingerprint density at radius 1 is 1.56 bits per heavy atom. The molecule has 3 N–H and O–H groups in total. The normalized spacial score (nSPS) is 10.6. The van der Waals surface area contributed by atoms with E-state index in [1.807, 2.05) is 12.1 Å². The van der Waals surface area contributed by atoms with Crippen LogP contribution >= 0.6 is 0 Å². The summed E-state index contributed by atoms with van der Waals surface area (Å²) in [5.41, 5.74) is 10.2. The van der Waals surface area contributed by atoms with Crippen molar-refractivity contribution in [1.29, 1.82) is 0 Å². The largest absolute Gasteiger partial charge is 0.363 e. The summed E-state index contributed by atoms with van der Waals surface area (Å²) in [5.74, 6) is -0.301. The molecule has 16 heavy (non-hydrogen) atoms. The van der Waals surface area contributed by atoms with Crippen LogP contribution < -0.4 is 11.2 Å². The molecule has 0 saturated carbocycles. The molecule has 6 nitrogen and oxygen atoms in total. The van der Waals surface area contributed by atoms with E-state index in [2.05, 4.69) is 10.5 Å². The second-order valence-corrected chi connectivity index (χ2v) is 3.37. The van der Waals surface area contributed by atoms with Gasteiger partial charge in [0.25, 0.3) is 5.91 Å². The fourth-order valence-corrected chi connectivity index (χ4v) is 1.60. The Hall–Kier alpha value is -2.08. The van der Waals surface area contributed by atoms with Gasteiger partial charge in [-0.2, -0.15) is 0 Å². The topological polar surface area (TPSA) is 82.2 Å². The number of primary amides is 1. The molecule has 0 saturated heterocycles. The molecule has 1 heterocycles. The Labute approximate surface area is 92.0 Å². The number of nitrogens with one attached hydrogen (secondary N) is 1. The molecule has 0 fully saturated rings. The van der Waals surface area contributed by atoms with Crippen molar-refractivity contribution in [3.63, 3.8) is 0 Å². The summed E-state index contributed by atoms with van der Waals surface area (Å²) in [5, 5.41) is 0. The third-order valence-electron chi connectivity index (χ3n) is 2.32. The molecule has 0 aliphatic heterocycles. The van der Waals surface area contributed by atoms with Gasteiger partial charge in [-0.3, -0.25) is 15.1 Å². The molecule has 6 heteroatoms. The highest BCUT2D eigenvalue weighted by atomic mass is 16.6. The highest BCUT2D eigenvalue weighted by Crippen LogP contribution is 2.19. The summed E-state index contributed by atoms with van der Waals surface area (Å²) in [6, 6.07) is 5.46. The van der Waals surface area contributed by atoms with Crippen LogP contribution in [0.4, 0.5) is 5.69 Å². The van der Waals surface area contributed by atoms with Crippen molar-refractivity contribution < 1.29 is 9.63 Å². The fraction of sp³-hybridized carbons (Fsp3) is 0.200. The molecule has 1 aromatic carbocycles. The van der Waals surface area contributed by atoms with E-state index in [9.17, 15) is 4.79 Å². The average Bonchev–Trinajstić information content (AvgIpc) is 2.56. The lowest BCUT2D eigenvalue weighted by Crippen LogP contribution is -2.16. The Bertz CT molecular complexity index is 547. The van der Waals surface area contributed by atoms with Crippen molar-refractivity contribution in [1.82, 2.24) is 9.55 Å². The fourth-order valence-electron chi connectivity index (χ4n) is 1.60. The van der Waals surface area contributed by atoms with E-state index in [-0.39, 0.29) is 5.82 Å². The highest BCUT2D eigenvalue weighted by molar-refractivity contribution is 5.94. The molecule has 1 aromatic heterocycles. The molecule has 84 valence electrons. The quantitative estimate of drug-likeness (QED) is 0.744. The van der Waals surface area contributed by atoms with Gasteiger partial charge in [0, 0.05) is 7.05 Å². The first-order valence-corrected chi connectivity index (χ1v) is 4.68. The molecule has 0 bridgehead atoms. The van der Waals surface area contributed by atoms with E-state index >= 15 is 0 Å². The second kappa shape index (κ2) is 3.82. The number of rotatable bonds is 3. The minimum atomic E-state index is -0.542. The van der Waals surface area contributed by atoms with E-state index in [1.165, 1.54) is 7.11 Å². The van der Waals surface area contributed by atoms with Crippen LogP contribution in [0.1, 0.15) is 10.6 Å². The van der Waals surface area contributed by atoms with E-state index < -0.39 is 5.91 Å². The Morgan fingerprint density at radius 2 is 2.31 bits per heavy atom. The monoisotopic (exact) mass is 220 g/mol. The van der Waals surface area contributed by atoms with Gasteiger partial charge in [0.1, 0.15) is 0 Å². The number of aryl methyl sites for hydroxylation is 1. The highest BCUT2D eigenvalue weighted by Gasteiger charge is 2.12. The van der Waals surface area contributed by atoms with Crippen molar-refractivity contribution >= 4 is 22.6 Å². The summed E-state index contributed by atoms with van der Waals surface area (Å²) < 4.78 is 1.66. The average molecular weight is 220 g/mol. The molecule has 0 radical (unpaired) electrons. The van der Waals surface area contributed by atoms with Crippen molar-refractivity contribution in [2.24, 2.45) is 12.8 Å². The van der Waals surface area contributed by atoms with Gasteiger partial charge in [-0.15, -0.1) is 0 Å². The summed E-state index contributed by atoms with van der Waals surface area (Å²) in [4.78, 5) is 20.0. The predicted molar refractivity (Wildman–Crippen MR) is 59.9 cm³/mol. The minimum Gasteiger partial charge on any atom is -0.363 e. The third kappa shape index (κ3) is 1.59. The molecule has 2 aromatic rings. The van der Waals surface area contributed by atoms with Gasteiger partial charge in [0.2, 0.25) is 0 Å². The molecule has 0 aliphatic rings. The number of amides is 1. The van der Waals surface area contributed by atoms with Crippen LogP contribution in [0.25, 0.3) is 11.0 Å². The van der Waals surface area contributed by atoms with Gasteiger partial charge < -0.3 is 10.3 Å². The third-order valence-corrected chi connectivity index (χ3v) is 2.32. The van der Waals surface area contributed by atoms with E-state index in [4.69, 9.17) is 10.6 Å². The van der Waals surface area contributed by atoms with Crippen molar-refractivity contribution in [2.75, 3.05) is 12.6 Å². The standard InChI is InChI=1S/C10H12N4O2/c1-14-8-4-3-6(13-16-2)5-7(8)12-10(14)9(11)15/h3-5,13H,1-2H3,(H2,11,15). The molecule has 0 atom stereocenters. The lowest BCUT2D eigenvalue weighted by Gasteiger charge is -2.02. The summed E-state index contributed by atoms with van der Waals surface area (Å²) >= 11 is 0. The van der Waals surface area contributed by atoms with Gasteiger partial charge in [-0.05, 0) is 18.2 Å². The van der Waals surface area contributed by atoms with Crippen molar-refractivity contribution in [3.05, 3.63) is 24.0 Å². The van der Waals surface area contributed by atoms with E-state index in [0.717, 1.165) is 11.2 Å². The van der Waals surface area contributed by atoms with Crippen molar-refractivity contribution in [3.8, 4) is 0 Å². The number of aromatic nitrogens is 2. The molecule has 2 rings (SSSR count). The number of nitrogens with two attached hydrogens (primary N) is 1. The van der Waals surface area contributed by atoms with Crippen LogP contribution in [-0.2, 0) is 11.9 Å². The SMILES string of the molecule is CONc1ccc2c(c1)nc(C(N)=O)n2C. The first-order chi connectivity index (χ1) is 7.63. The van der Waals surface area contributed by atoms with Crippen LogP contribution in [0.15, 0.2) is 18.2 Å². The van der Waals surface area contributed by atoms with Crippen LogP contribution in [0.2, 0.25) is 0 Å². The number of hydrogen-bond acceptors (Lipinski definition) is 4. The minimum absolute atomic E-state index is 0.240. The number of fused-ring (bicyclic) bond motifs is 1. The number of carbonyl (C=O) groups is 1. The second-order valence-electron chi connectivity index (χ2n) is 3.37. The van der Waals surface area contributed by atoms with Crippen LogP contribution in [0.5, 0.6) is 0 Å². The lowest BCUT2D eigenvalue weighted by molar-refractivity contribution is 0.0988. The van der Waals surface area contributed by atoms with Gasteiger partial charge in [-0.1, -0.05) is 0 Å². The lowest BCUT2D eigenvalue weighted by atomic mass is 10.3. The first-order valence-electron chi connectivity index (χ1n) is 4.68. The number of hydrogen-bond donors (Lipinski definition) is 2. The Morgan fingerprint density at radius 3 is 2.94 bits per heavy atom. The van der Waals surface area contributed by atoms with Crippen LogP contribution in [-0.4, -0.2) is 22.6 Å². The van der Waals surface area contributed by atoms with E-state index in [1.54, 1.807) is 17.7 Å². The summed E-state index contributed by atoms with van der Waals surface area (Å²) in [6.45, 7) is 0. The number of anilines is 1. The number of imidazole rings is 1. The van der Waals surface area contributed by atoms with Crippen LogP contribution in [0.3, 0.4) is 0 Å². The molecule has 1 amide bonds. The molecule has 0 aliphatic carbocycles. The zero-order valence-corrected chi connectivity index (χ0v) is 9.02. The Kier molecular flexibility index (Phi) is 2.49. The van der Waals surface area contributed by atoms with Gasteiger partial charge in [-0.25, -0.2) is 4.98 Å². The molecule has 0 spiro atoms. The van der Waals surface area contributed by atoms with E-state index in [0.29, 0.717) is 5.52 Å². The summed E-state index contributed by atoms with van der Waals surface area (Å²) in [7, 11) is 3.27. The number of carbonyl (C=O) groups excluding carboxylic acids is 1. The summed E-state index contributed by atoms with van der Waals surface area (Å²) in [6.07, 6.45) is 0. The smallest absolute Gasteiger partial charge is 0.284 e. The zero-order chi connectivity index (χ0) is 11.7. The maximum Gasteiger partial charge on any atom is 0.284 e. The molecule has 0 unspecified atom stereocenters. The molecular weight excluding hydrogens is 208 g/mol. The zero-order valence-electron chi connectivity index (χ0n) is 9.02. The molecular formula is C10H12N4O2.